The molecule has 0 bridgehead atoms. The summed E-state index contributed by atoms with van der Waals surface area (Å²) in [7, 11) is 2.15. The molecular weight excluding hydrogens is 229 g/mol. The van der Waals surface area contributed by atoms with Gasteiger partial charge in [0.25, 0.3) is 0 Å². The standard InChI is InChI=1S/C14H22FN3/c1-14(5-7-18(2)8-6-14)10-17-13-4-3-11(16)9-12(13)15/h3-4,9,17H,5-8,10,16H2,1-2H3. The van der Waals surface area contributed by atoms with Crippen LogP contribution in [-0.4, -0.2) is 31.6 Å². The van der Waals surface area contributed by atoms with E-state index in [0.29, 0.717) is 11.4 Å². The van der Waals surface area contributed by atoms with Gasteiger partial charge in [-0.3, -0.25) is 0 Å². The van der Waals surface area contributed by atoms with Gasteiger partial charge in [-0.15, -0.1) is 0 Å². The summed E-state index contributed by atoms with van der Waals surface area (Å²) in [5.41, 5.74) is 6.79. The summed E-state index contributed by atoms with van der Waals surface area (Å²) in [6.07, 6.45) is 2.29. The molecule has 0 unspecified atom stereocenters. The lowest BCUT2D eigenvalue weighted by Crippen LogP contribution is -2.40. The smallest absolute Gasteiger partial charge is 0.148 e. The summed E-state index contributed by atoms with van der Waals surface area (Å²) in [5.74, 6) is -0.272. The molecule has 3 N–H and O–H groups in total. The van der Waals surface area contributed by atoms with Gasteiger partial charge in [0, 0.05) is 12.2 Å². The topological polar surface area (TPSA) is 41.3 Å². The highest BCUT2D eigenvalue weighted by molar-refractivity contribution is 5.52. The first-order valence-electron chi connectivity index (χ1n) is 6.46. The molecule has 2 rings (SSSR count). The Morgan fingerprint density at radius 3 is 2.67 bits per heavy atom. The van der Waals surface area contributed by atoms with Crippen LogP contribution in [0.5, 0.6) is 0 Å². The van der Waals surface area contributed by atoms with E-state index in [1.165, 1.54) is 6.07 Å². The van der Waals surface area contributed by atoms with Crippen LogP contribution < -0.4 is 11.1 Å². The van der Waals surface area contributed by atoms with Crippen LogP contribution in [0.15, 0.2) is 18.2 Å². The van der Waals surface area contributed by atoms with E-state index in [2.05, 4.69) is 24.2 Å². The van der Waals surface area contributed by atoms with E-state index in [-0.39, 0.29) is 11.2 Å². The fraction of sp³-hybridized carbons (Fsp3) is 0.571. The van der Waals surface area contributed by atoms with Crippen LogP contribution in [0, 0.1) is 11.2 Å². The van der Waals surface area contributed by atoms with Gasteiger partial charge in [0.1, 0.15) is 5.82 Å². The van der Waals surface area contributed by atoms with Crippen LogP contribution in [-0.2, 0) is 0 Å². The summed E-state index contributed by atoms with van der Waals surface area (Å²) < 4.78 is 13.6. The van der Waals surface area contributed by atoms with E-state index in [0.717, 1.165) is 32.5 Å². The van der Waals surface area contributed by atoms with E-state index < -0.39 is 0 Å². The minimum absolute atomic E-state index is 0.250. The van der Waals surface area contributed by atoms with Crippen LogP contribution in [0.1, 0.15) is 19.8 Å². The molecule has 0 aliphatic carbocycles. The number of likely N-dealkylation sites (tertiary alicyclic amines) is 1. The molecule has 0 aromatic heterocycles. The second-order valence-corrected chi connectivity index (χ2v) is 5.71. The van der Waals surface area contributed by atoms with Gasteiger partial charge >= 0.3 is 0 Å². The molecule has 0 amide bonds. The fourth-order valence-electron chi connectivity index (χ4n) is 2.32. The van der Waals surface area contributed by atoms with Crippen LogP contribution in [0.4, 0.5) is 15.8 Å². The molecule has 3 nitrogen and oxygen atoms in total. The number of hydrogen-bond acceptors (Lipinski definition) is 3. The predicted molar refractivity (Wildman–Crippen MR) is 74.1 cm³/mol. The SMILES string of the molecule is CN1CCC(C)(CNc2ccc(N)cc2F)CC1. The minimum atomic E-state index is -0.272. The third-order valence-electron chi connectivity index (χ3n) is 3.89. The maximum Gasteiger partial charge on any atom is 0.148 e. The van der Waals surface area contributed by atoms with Crippen molar-refractivity contribution >= 4 is 11.4 Å². The zero-order valence-corrected chi connectivity index (χ0v) is 11.2. The number of nitrogens with one attached hydrogen (secondary N) is 1. The van der Waals surface area contributed by atoms with E-state index in [9.17, 15) is 4.39 Å². The maximum absolute atomic E-state index is 13.6. The Kier molecular flexibility index (Phi) is 3.76. The lowest BCUT2D eigenvalue weighted by Gasteiger charge is -2.38. The lowest BCUT2D eigenvalue weighted by molar-refractivity contribution is 0.150. The number of nitrogens with two attached hydrogens (primary N) is 1. The number of rotatable bonds is 3. The molecule has 0 radical (unpaired) electrons. The average molecular weight is 251 g/mol. The second kappa shape index (κ2) is 5.14. The van der Waals surface area contributed by atoms with E-state index >= 15 is 0 Å². The quantitative estimate of drug-likeness (QED) is 0.811. The van der Waals surface area contributed by atoms with Crippen LogP contribution in [0.2, 0.25) is 0 Å². The van der Waals surface area contributed by atoms with Crippen molar-refractivity contribution in [3.8, 4) is 0 Å². The Bertz CT molecular complexity index is 412. The largest absolute Gasteiger partial charge is 0.399 e. The van der Waals surface area contributed by atoms with Crippen molar-refractivity contribution in [3.05, 3.63) is 24.0 Å². The van der Waals surface area contributed by atoms with Gasteiger partial charge in [-0.25, -0.2) is 4.39 Å². The van der Waals surface area contributed by atoms with Gasteiger partial charge in [-0.2, -0.15) is 0 Å². The number of hydrogen-bond donors (Lipinski definition) is 2. The van der Waals surface area contributed by atoms with Gasteiger partial charge in [0.15, 0.2) is 0 Å². The highest BCUT2D eigenvalue weighted by atomic mass is 19.1. The Balaban J connectivity index is 1.94. The molecule has 0 atom stereocenters. The number of benzene rings is 1. The Morgan fingerprint density at radius 1 is 1.39 bits per heavy atom. The highest BCUT2D eigenvalue weighted by Gasteiger charge is 2.28. The third-order valence-corrected chi connectivity index (χ3v) is 3.89. The second-order valence-electron chi connectivity index (χ2n) is 5.71. The third kappa shape index (κ3) is 3.13. The van der Waals surface area contributed by atoms with E-state index in [4.69, 9.17) is 5.73 Å². The van der Waals surface area contributed by atoms with Gasteiger partial charge in [0.2, 0.25) is 0 Å². The van der Waals surface area contributed by atoms with Crippen molar-refractivity contribution in [2.45, 2.75) is 19.8 Å². The summed E-state index contributed by atoms with van der Waals surface area (Å²) in [6.45, 7) is 5.30. The molecule has 1 heterocycles. The van der Waals surface area contributed by atoms with Crippen molar-refractivity contribution in [3.63, 3.8) is 0 Å². The molecule has 1 aromatic carbocycles. The molecule has 4 heteroatoms. The van der Waals surface area contributed by atoms with E-state index in [1.807, 2.05) is 0 Å². The Hall–Kier alpha value is -1.29. The summed E-state index contributed by atoms with van der Waals surface area (Å²) in [5, 5.41) is 3.22. The molecule has 0 saturated carbocycles. The van der Waals surface area contributed by atoms with Gasteiger partial charge in [-0.1, -0.05) is 6.92 Å². The normalized spacial score (nSPS) is 19.7. The Labute approximate surface area is 108 Å². The summed E-state index contributed by atoms with van der Waals surface area (Å²) in [4.78, 5) is 2.34. The van der Waals surface area contributed by atoms with Crippen LogP contribution in [0.3, 0.4) is 0 Å². The number of piperidine rings is 1. The summed E-state index contributed by atoms with van der Waals surface area (Å²) in [6, 6.07) is 4.80. The van der Waals surface area contributed by atoms with Gasteiger partial charge < -0.3 is 16.0 Å². The van der Waals surface area contributed by atoms with E-state index in [1.54, 1.807) is 12.1 Å². The first kappa shape index (κ1) is 13.1. The lowest BCUT2D eigenvalue weighted by atomic mass is 9.80. The molecule has 0 spiro atoms. The van der Waals surface area contributed by atoms with Crippen LogP contribution in [0.25, 0.3) is 0 Å². The fourth-order valence-corrected chi connectivity index (χ4v) is 2.32. The molecule has 100 valence electrons. The minimum Gasteiger partial charge on any atom is -0.399 e. The molecule has 1 saturated heterocycles. The van der Waals surface area contributed by atoms with Gasteiger partial charge in [-0.05, 0) is 56.6 Å². The Morgan fingerprint density at radius 2 is 2.06 bits per heavy atom. The average Bonchev–Trinajstić information content (AvgIpc) is 2.32. The predicted octanol–water partition coefficient (Wildman–Crippen LogP) is 2.55. The first-order valence-corrected chi connectivity index (χ1v) is 6.46. The maximum atomic E-state index is 13.6. The molecular formula is C14H22FN3. The van der Waals surface area contributed by atoms with Crippen molar-refractivity contribution < 1.29 is 4.39 Å². The highest BCUT2D eigenvalue weighted by Crippen LogP contribution is 2.31. The summed E-state index contributed by atoms with van der Waals surface area (Å²) >= 11 is 0. The molecule has 1 fully saturated rings. The van der Waals surface area contributed by atoms with Gasteiger partial charge in [0.05, 0.1) is 5.69 Å². The van der Waals surface area contributed by atoms with Crippen molar-refractivity contribution in [2.75, 3.05) is 37.7 Å². The van der Waals surface area contributed by atoms with Crippen molar-refractivity contribution in [1.29, 1.82) is 0 Å². The molecule has 1 aliphatic heterocycles. The van der Waals surface area contributed by atoms with Crippen molar-refractivity contribution in [2.24, 2.45) is 5.41 Å². The molecule has 1 aromatic rings. The monoisotopic (exact) mass is 251 g/mol. The molecule has 18 heavy (non-hydrogen) atoms. The number of halogens is 1. The molecule has 1 aliphatic rings. The number of anilines is 2. The van der Waals surface area contributed by atoms with Crippen molar-refractivity contribution in [1.82, 2.24) is 4.90 Å². The number of nitrogens with zero attached hydrogens (tertiary/aromatic N) is 1. The van der Waals surface area contributed by atoms with Crippen LogP contribution >= 0.6 is 0 Å². The first-order chi connectivity index (χ1) is 8.48. The number of nitrogen functional groups attached to an aromatic ring is 1. The zero-order chi connectivity index (χ0) is 13.2. The zero-order valence-electron chi connectivity index (χ0n) is 11.2.